The average molecular weight is 312 g/mol. The fourth-order valence-electron chi connectivity index (χ4n) is 2.56. The monoisotopic (exact) mass is 312 g/mol. The number of carbonyl (C=O) groups excluding carboxylic acids is 1. The van der Waals surface area contributed by atoms with Crippen molar-refractivity contribution < 1.29 is 13.9 Å². The highest BCUT2D eigenvalue weighted by molar-refractivity contribution is 5.90. The number of carbonyl (C=O) groups is 1. The van der Waals surface area contributed by atoms with Crippen molar-refractivity contribution in [2.75, 3.05) is 20.2 Å². The number of hydrogen-bond acceptors (Lipinski definition) is 4. The van der Waals surface area contributed by atoms with Gasteiger partial charge in [-0.3, -0.25) is 4.79 Å². The second-order valence-electron chi connectivity index (χ2n) is 5.43. The van der Waals surface area contributed by atoms with Crippen LogP contribution in [-0.4, -0.2) is 37.0 Å². The Kier molecular flexibility index (Phi) is 4.90. The molecule has 23 heavy (non-hydrogen) atoms. The van der Waals surface area contributed by atoms with Crippen LogP contribution in [0.1, 0.15) is 11.3 Å². The van der Waals surface area contributed by atoms with Crippen LogP contribution in [0.25, 0.3) is 5.70 Å². The van der Waals surface area contributed by atoms with E-state index in [1.165, 1.54) is 0 Å². The zero-order chi connectivity index (χ0) is 16.1. The lowest BCUT2D eigenvalue weighted by atomic mass is 10.2. The van der Waals surface area contributed by atoms with Gasteiger partial charge in [-0.15, -0.1) is 0 Å². The molecule has 0 radical (unpaired) electrons. The van der Waals surface area contributed by atoms with Crippen LogP contribution in [0.5, 0.6) is 0 Å². The highest BCUT2D eigenvalue weighted by Crippen LogP contribution is 2.20. The smallest absolute Gasteiger partial charge is 0.246 e. The van der Waals surface area contributed by atoms with Crippen molar-refractivity contribution in [1.82, 2.24) is 10.2 Å². The highest BCUT2D eigenvalue weighted by atomic mass is 16.5. The number of nitrogens with one attached hydrogen (secondary N) is 1. The molecule has 0 bridgehead atoms. The van der Waals surface area contributed by atoms with Crippen LogP contribution in [-0.2, 0) is 16.1 Å². The Labute approximate surface area is 135 Å². The van der Waals surface area contributed by atoms with Crippen molar-refractivity contribution >= 4 is 11.6 Å². The molecule has 1 aromatic carbocycles. The second-order valence-corrected chi connectivity index (χ2v) is 5.43. The minimum Gasteiger partial charge on any atom is -0.463 e. The fourth-order valence-corrected chi connectivity index (χ4v) is 2.56. The van der Waals surface area contributed by atoms with E-state index in [1.807, 2.05) is 48.5 Å². The van der Waals surface area contributed by atoms with Gasteiger partial charge in [-0.2, -0.15) is 0 Å². The molecule has 3 rings (SSSR count). The molecule has 0 fully saturated rings. The van der Waals surface area contributed by atoms with Crippen molar-refractivity contribution in [3.8, 4) is 0 Å². The van der Waals surface area contributed by atoms with Crippen LogP contribution < -0.4 is 5.32 Å². The second kappa shape index (κ2) is 7.26. The van der Waals surface area contributed by atoms with Crippen LogP contribution in [0, 0.1) is 0 Å². The molecule has 0 saturated heterocycles. The third-order valence-corrected chi connectivity index (χ3v) is 3.82. The molecule has 1 amide bonds. The molecule has 1 atom stereocenters. The van der Waals surface area contributed by atoms with Crippen molar-refractivity contribution in [3.05, 3.63) is 66.1 Å². The molecular formula is C18H20N2O3. The summed E-state index contributed by atoms with van der Waals surface area (Å²) in [4.78, 5) is 14.2. The van der Waals surface area contributed by atoms with Gasteiger partial charge in [0.2, 0.25) is 5.91 Å². The minimum absolute atomic E-state index is 0.0294. The van der Waals surface area contributed by atoms with E-state index < -0.39 is 0 Å². The van der Waals surface area contributed by atoms with Crippen molar-refractivity contribution in [3.63, 3.8) is 0 Å². The Morgan fingerprint density at radius 2 is 2.09 bits per heavy atom. The van der Waals surface area contributed by atoms with Crippen molar-refractivity contribution in [2.24, 2.45) is 0 Å². The average Bonchev–Trinajstić information content (AvgIpc) is 3.07. The summed E-state index contributed by atoms with van der Waals surface area (Å²) in [7, 11) is 1.76. The number of hydrogen-bond donors (Lipinski definition) is 1. The zero-order valence-electron chi connectivity index (χ0n) is 13.1. The summed E-state index contributed by atoms with van der Waals surface area (Å²) in [5, 5.41) is 3.21. The molecule has 2 aromatic rings. The maximum atomic E-state index is 12.6. The first-order chi connectivity index (χ1) is 11.3. The van der Waals surface area contributed by atoms with Gasteiger partial charge in [0.15, 0.2) is 0 Å². The van der Waals surface area contributed by atoms with E-state index in [0.717, 1.165) is 11.3 Å². The molecule has 2 heterocycles. The molecule has 0 unspecified atom stereocenters. The minimum atomic E-state index is -0.368. The lowest BCUT2D eigenvalue weighted by Crippen LogP contribution is -2.45. The quantitative estimate of drug-likeness (QED) is 0.920. The lowest BCUT2D eigenvalue weighted by Gasteiger charge is -2.22. The van der Waals surface area contributed by atoms with Gasteiger partial charge < -0.3 is 19.4 Å². The lowest BCUT2D eigenvalue weighted by molar-refractivity contribution is -0.130. The molecule has 5 heteroatoms. The molecule has 0 saturated carbocycles. The third kappa shape index (κ3) is 3.70. The van der Waals surface area contributed by atoms with Crippen LogP contribution in [0.15, 0.2) is 59.2 Å². The first-order valence-corrected chi connectivity index (χ1v) is 7.62. The van der Waals surface area contributed by atoms with E-state index in [9.17, 15) is 4.79 Å². The van der Waals surface area contributed by atoms with Crippen molar-refractivity contribution in [2.45, 2.75) is 12.6 Å². The van der Waals surface area contributed by atoms with Gasteiger partial charge in [-0.25, -0.2) is 0 Å². The van der Waals surface area contributed by atoms with Gasteiger partial charge in [0, 0.05) is 13.6 Å². The summed E-state index contributed by atoms with van der Waals surface area (Å²) in [6.07, 6.45) is 3.56. The standard InChI is InChI=1S/C18H20N2O3/c1-20-16(17-8-5-11-23-17)9-10-19-15(18(20)21)13-22-12-14-6-3-2-4-7-14/h2-9,11,15,19H,10,12-13H2,1H3/t15-/m0/s1. The van der Waals surface area contributed by atoms with Gasteiger partial charge in [-0.1, -0.05) is 30.3 Å². The number of likely N-dealkylation sites (N-methyl/N-ethyl adjacent to an activating group) is 1. The molecule has 1 aromatic heterocycles. The van der Waals surface area contributed by atoms with E-state index in [4.69, 9.17) is 9.15 Å². The van der Waals surface area contributed by atoms with Crippen molar-refractivity contribution in [1.29, 1.82) is 0 Å². The fraction of sp³-hybridized carbons (Fsp3) is 0.278. The maximum absolute atomic E-state index is 12.6. The SMILES string of the molecule is CN1C(=O)[C@H](COCc2ccccc2)NCC=C1c1ccco1. The molecule has 1 aliphatic heterocycles. The number of benzene rings is 1. The molecular weight excluding hydrogens is 292 g/mol. The summed E-state index contributed by atoms with van der Waals surface area (Å²) in [5.41, 5.74) is 1.87. The number of amides is 1. The summed E-state index contributed by atoms with van der Waals surface area (Å²) in [6, 6.07) is 13.2. The van der Waals surface area contributed by atoms with Crippen LogP contribution in [0.2, 0.25) is 0 Å². The topological polar surface area (TPSA) is 54.7 Å². The van der Waals surface area contributed by atoms with E-state index in [-0.39, 0.29) is 11.9 Å². The molecule has 5 nitrogen and oxygen atoms in total. The summed E-state index contributed by atoms with van der Waals surface area (Å²) in [5.74, 6) is 0.659. The predicted molar refractivity (Wildman–Crippen MR) is 87.3 cm³/mol. The Morgan fingerprint density at radius 1 is 1.26 bits per heavy atom. The molecule has 1 N–H and O–H groups in total. The van der Waals surface area contributed by atoms with E-state index in [1.54, 1.807) is 18.2 Å². The number of nitrogens with zero attached hydrogens (tertiary/aromatic N) is 1. The Balaban J connectivity index is 1.59. The summed E-state index contributed by atoms with van der Waals surface area (Å²) in [6.45, 7) is 1.41. The summed E-state index contributed by atoms with van der Waals surface area (Å²) >= 11 is 0. The van der Waals surface area contributed by atoms with E-state index >= 15 is 0 Å². The van der Waals surface area contributed by atoms with Gasteiger partial charge in [0.05, 0.1) is 25.2 Å². The molecule has 120 valence electrons. The first kappa shape index (κ1) is 15.5. The van der Waals surface area contributed by atoms with Gasteiger partial charge in [0.25, 0.3) is 0 Å². The molecule has 1 aliphatic rings. The molecule has 0 spiro atoms. The van der Waals surface area contributed by atoms with E-state index in [0.29, 0.717) is 25.5 Å². The van der Waals surface area contributed by atoms with E-state index in [2.05, 4.69) is 5.32 Å². The Hall–Kier alpha value is -2.37. The Morgan fingerprint density at radius 3 is 2.83 bits per heavy atom. The van der Waals surface area contributed by atoms with Gasteiger partial charge in [0.1, 0.15) is 11.8 Å². The number of furan rings is 1. The number of ether oxygens (including phenoxy) is 1. The third-order valence-electron chi connectivity index (χ3n) is 3.82. The molecule has 0 aliphatic carbocycles. The largest absolute Gasteiger partial charge is 0.463 e. The van der Waals surface area contributed by atoms with Gasteiger partial charge in [-0.05, 0) is 23.8 Å². The first-order valence-electron chi connectivity index (χ1n) is 7.62. The predicted octanol–water partition coefficient (Wildman–Crippen LogP) is 2.27. The van der Waals surface area contributed by atoms with Gasteiger partial charge >= 0.3 is 0 Å². The zero-order valence-corrected chi connectivity index (χ0v) is 13.1. The summed E-state index contributed by atoms with van der Waals surface area (Å²) < 4.78 is 11.1. The van der Waals surface area contributed by atoms with Crippen LogP contribution in [0.3, 0.4) is 0 Å². The normalized spacial score (nSPS) is 18.7. The number of rotatable bonds is 5. The van der Waals surface area contributed by atoms with Crippen LogP contribution >= 0.6 is 0 Å². The van der Waals surface area contributed by atoms with Crippen LogP contribution in [0.4, 0.5) is 0 Å². The highest BCUT2D eigenvalue weighted by Gasteiger charge is 2.27. The maximum Gasteiger partial charge on any atom is 0.246 e. The Bertz CT molecular complexity index is 665.